The molecule has 0 atom stereocenters. The second kappa shape index (κ2) is 6.89. The first kappa shape index (κ1) is 13.5. The Labute approximate surface area is 108 Å². The average molecular weight is 244 g/mol. The molecule has 0 saturated heterocycles. The summed E-state index contributed by atoms with van der Waals surface area (Å²) in [6.07, 6.45) is 5.35. The zero-order valence-corrected chi connectivity index (χ0v) is 11.0. The minimum absolute atomic E-state index is 0.533. The van der Waals surface area contributed by atoms with Crippen LogP contribution in [0.1, 0.15) is 19.4 Å². The van der Waals surface area contributed by atoms with Crippen molar-refractivity contribution in [1.29, 1.82) is 5.26 Å². The highest BCUT2D eigenvalue weighted by Crippen LogP contribution is 2.29. The Morgan fingerprint density at radius 2 is 2.18 bits per heavy atom. The van der Waals surface area contributed by atoms with E-state index >= 15 is 0 Å². The number of rotatable bonds is 5. The smallest absolute Gasteiger partial charge is 0.103 e. The van der Waals surface area contributed by atoms with Crippen LogP contribution < -0.4 is 4.90 Å². The summed E-state index contributed by atoms with van der Waals surface area (Å²) in [5.41, 5.74) is 1.67. The summed E-state index contributed by atoms with van der Waals surface area (Å²) in [5, 5.41) is 9.30. The van der Waals surface area contributed by atoms with Gasteiger partial charge in [-0.2, -0.15) is 5.26 Å². The molecule has 0 unspecified atom stereocenters. The molecule has 0 spiro atoms. The molecule has 0 aliphatic heterocycles. The number of hydrogen-bond acceptors (Lipinski definition) is 3. The zero-order valence-electron chi connectivity index (χ0n) is 10.2. The minimum atomic E-state index is 0.533. The van der Waals surface area contributed by atoms with Crippen molar-refractivity contribution in [2.75, 3.05) is 23.7 Å². The van der Waals surface area contributed by atoms with Crippen LogP contribution in [0.4, 0.5) is 5.69 Å². The molecule has 1 aromatic carbocycles. The molecule has 1 rings (SSSR count). The van der Waals surface area contributed by atoms with E-state index in [1.165, 1.54) is 0 Å². The van der Waals surface area contributed by atoms with E-state index in [4.69, 9.17) is 6.42 Å². The third-order valence-corrected chi connectivity index (χ3v) is 3.36. The van der Waals surface area contributed by atoms with Crippen LogP contribution in [0, 0.1) is 23.7 Å². The number of nitrogens with zero attached hydrogens (tertiary/aromatic N) is 2. The maximum atomic E-state index is 9.30. The molecule has 0 amide bonds. The fourth-order valence-electron chi connectivity index (χ4n) is 1.65. The topological polar surface area (TPSA) is 27.0 Å². The van der Waals surface area contributed by atoms with E-state index in [2.05, 4.69) is 18.9 Å². The number of nitriles is 1. The van der Waals surface area contributed by atoms with E-state index in [-0.39, 0.29) is 0 Å². The summed E-state index contributed by atoms with van der Waals surface area (Å²) >= 11 is 1.69. The van der Waals surface area contributed by atoms with Gasteiger partial charge in [-0.25, -0.2) is 0 Å². The second-order valence-corrected chi connectivity index (χ2v) is 4.72. The van der Waals surface area contributed by atoms with Crippen molar-refractivity contribution in [2.45, 2.75) is 18.7 Å². The van der Waals surface area contributed by atoms with Gasteiger partial charge in [0.25, 0.3) is 0 Å². The molecule has 0 fully saturated rings. The number of anilines is 1. The molecule has 1 aromatic rings. The van der Waals surface area contributed by atoms with Crippen LogP contribution in [0.2, 0.25) is 0 Å². The Hall–Kier alpha value is -1.58. The van der Waals surface area contributed by atoms with Crippen LogP contribution in [0.3, 0.4) is 0 Å². The standard InChI is InChI=1S/C14H16N2S/c1-4-10-16(5-2)13-8-7-9-14(17-6-3)12(13)11-15/h1,7-9H,5-6,10H2,2-3H3. The van der Waals surface area contributed by atoms with Gasteiger partial charge >= 0.3 is 0 Å². The van der Waals surface area contributed by atoms with Crippen molar-refractivity contribution >= 4 is 17.4 Å². The molecular formula is C14H16N2S. The highest BCUT2D eigenvalue weighted by molar-refractivity contribution is 7.99. The first-order valence-corrected chi connectivity index (χ1v) is 6.61. The normalized spacial score (nSPS) is 9.41. The Kier molecular flexibility index (Phi) is 5.46. The molecular weight excluding hydrogens is 228 g/mol. The van der Waals surface area contributed by atoms with Gasteiger partial charge in [0.15, 0.2) is 0 Å². The molecule has 17 heavy (non-hydrogen) atoms. The highest BCUT2D eigenvalue weighted by atomic mass is 32.2. The fourth-order valence-corrected chi connectivity index (χ4v) is 2.43. The summed E-state index contributed by atoms with van der Waals surface area (Å²) in [5.74, 6) is 3.59. The quantitative estimate of drug-likeness (QED) is 0.588. The van der Waals surface area contributed by atoms with Crippen LogP contribution in [0.5, 0.6) is 0 Å². The van der Waals surface area contributed by atoms with Gasteiger partial charge in [0.2, 0.25) is 0 Å². The van der Waals surface area contributed by atoms with Gasteiger partial charge in [-0.1, -0.05) is 18.9 Å². The Morgan fingerprint density at radius 1 is 1.41 bits per heavy atom. The molecule has 0 aromatic heterocycles. The molecule has 88 valence electrons. The van der Waals surface area contributed by atoms with Crippen LogP contribution in [-0.4, -0.2) is 18.8 Å². The van der Waals surface area contributed by atoms with Gasteiger partial charge in [-0.15, -0.1) is 18.2 Å². The van der Waals surface area contributed by atoms with Crippen molar-refractivity contribution in [3.05, 3.63) is 23.8 Å². The molecule has 0 N–H and O–H groups in total. The van der Waals surface area contributed by atoms with E-state index in [0.717, 1.165) is 28.4 Å². The predicted molar refractivity (Wildman–Crippen MR) is 74.3 cm³/mol. The lowest BCUT2D eigenvalue weighted by atomic mass is 10.1. The van der Waals surface area contributed by atoms with E-state index in [1.54, 1.807) is 11.8 Å². The number of hydrogen-bond donors (Lipinski definition) is 0. The van der Waals surface area contributed by atoms with Crippen molar-refractivity contribution in [3.8, 4) is 18.4 Å². The molecule has 0 aliphatic carbocycles. The molecule has 0 radical (unpaired) electrons. The number of terminal acetylenes is 1. The molecule has 0 saturated carbocycles. The molecule has 2 nitrogen and oxygen atoms in total. The van der Waals surface area contributed by atoms with Crippen LogP contribution in [0.15, 0.2) is 23.1 Å². The van der Waals surface area contributed by atoms with Crippen LogP contribution in [0.25, 0.3) is 0 Å². The third-order valence-electron chi connectivity index (χ3n) is 2.42. The Balaban J connectivity index is 3.19. The second-order valence-electron chi connectivity index (χ2n) is 3.41. The van der Waals surface area contributed by atoms with Crippen molar-refractivity contribution in [3.63, 3.8) is 0 Å². The van der Waals surface area contributed by atoms with Crippen LogP contribution >= 0.6 is 11.8 Å². The van der Waals surface area contributed by atoms with E-state index in [9.17, 15) is 5.26 Å². The molecule has 3 heteroatoms. The zero-order chi connectivity index (χ0) is 12.7. The Morgan fingerprint density at radius 3 is 2.71 bits per heavy atom. The predicted octanol–water partition coefficient (Wildman–Crippen LogP) is 3.13. The largest absolute Gasteiger partial charge is 0.360 e. The summed E-state index contributed by atoms with van der Waals surface area (Å²) in [4.78, 5) is 3.07. The van der Waals surface area contributed by atoms with Crippen molar-refractivity contribution in [1.82, 2.24) is 0 Å². The monoisotopic (exact) mass is 244 g/mol. The van der Waals surface area contributed by atoms with E-state index < -0.39 is 0 Å². The number of benzene rings is 1. The van der Waals surface area contributed by atoms with E-state index in [1.807, 2.05) is 30.0 Å². The lowest BCUT2D eigenvalue weighted by Crippen LogP contribution is -2.23. The summed E-state index contributed by atoms with van der Waals surface area (Å²) in [6.45, 7) is 5.46. The molecule has 0 heterocycles. The van der Waals surface area contributed by atoms with E-state index in [0.29, 0.717) is 6.54 Å². The fraction of sp³-hybridized carbons (Fsp3) is 0.357. The lowest BCUT2D eigenvalue weighted by Gasteiger charge is -2.22. The average Bonchev–Trinajstić information content (AvgIpc) is 2.36. The minimum Gasteiger partial charge on any atom is -0.360 e. The van der Waals surface area contributed by atoms with Crippen LogP contribution in [-0.2, 0) is 0 Å². The van der Waals surface area contributed by atoms with Gasteiger partial charge in [-0.3, -0.25) is 0 Å². The first-order valence-electron chi connectivity index (χ1n) is 5.62. The summed E-state index contributed by atoms with van der Waals surface area (Å²) in [6, 6.07) is 8.21. The third kappa shape index (κ3) is 3.19. The number of thioether (sulfide) groups is 1. The molecule has 0 aliphatic rings. The van der Waals surface area contributed by atoms with Gasteiger partial charge < -0.3 is 4.90 Å². The summed E-state index contributed by atoms with van der Waals surface area (Å²) in [7, 11) is 0. The van der Waals surface area contributed by atoms with Gasteiger partial charge in [0.1, 0.15) is 6.07 Å². The maximum absolute atomic E-state index is 9.30. The van der Waals surface area contributed by atoms with Crippen molar-refractivity contribution in [2.24, 2.45) is 0 Å². The van der Waals surface area contributed by atoms with Gasteiger partial charge in [-0.05, 0) is 24.8 Å². The summed E-state index contributed by atoms with van der Waals surface area (Å²) < 4.78 is 0. The Bertz CT molecular complexity index is 454. The van der Waals surface area contributed by atoms with Crippen molar-refractivity contribution < 1.29 is 0 Å². The first-order chi connectivity index (χ1) is 8.28. The van der Waals surface area contributed by atoms with Gasteiger partial charge in [0.05, 0.1) is 17.8 Å². The SMILES string of the molecule is C#CCN(CC)c1cccc(SCC)c1C#N. The molecule has 0 bridgehead atoms. The lowest BCUT2D eigenvalue weighted by molar-refractivity contribution is 0.913. The highest BCUT2D eigenvalue weighted by Gasteiger charge is 2.12. The maximum Gasteiger partial charge on any atom is 0.103 e. The van der Waals surface area contributed by atoms with Gasteiger partial charge in [0, 0.05) is 11.4 Å².